The summed E-state index contributed by atoms with van der Waals surface area (Å²) in [6, 6.07) is 9.54. The van der Waals surface area contributed by atoms with E-state index in [1.54, 1.807) is 16.6 Å². The molecule has 0 fully saturated rings. The van der Waals surface area contributed by atoms with Gasteiger partial charge in [-0.25, -0.2) is 0 Å². The topological polar surface area (TPSA) is 90.5 Å². The van der Waals surface area contributed by atoms with Crippen LogP contribution in [0.3, 0.4) is 0 Å². The molecule has 1 aromatic heterocycles. The molecule has 0 atom stereocenters. The Labute approximate surface area is 146 Å². The summed E-state index contributed by atoms with van der Waals surface area (Å²) in [5, 5.41) is 4.18. The van der Waals surface area contributed by atoms with Gasteiger partial charge in [0.1, 0.15) is 5.75 Å². The van der Waals surface area contributed by atoms with Crippen LogP contribution in [0.4, 0.5) is 0 Å². The molecular weight excluding hydrogens is 320 g/mol. The number of rotatable bonds is 6. The van der Waals surface area contributed by atoms with Crippen molar-refractivity contribution in [3.63, 3.8) is 0 Å². The van der Waals surface area contributed by atoms with E-state index in [0.29, 0.717) is 39.0 Å². The van der Waals surface area contributed by atoms with Gasteiger partial charge < -0.3 is 15.4 Å². The van der Waals surface area contributed by atoms with Gasteiger partial charge in [-0.1, -0.05) is 18.2 Å². The van der Waals surface area contributed by atoms with E-state index >= 15 is 0 Å². The Balaban J connectivity index is 1.53. The van der Waals surface area contributed by atoms with Crippen LogP contribution in [0, 0.1) is 0 Å². The normalized spacial score (nSPS) is 13.4. The summed E-state index contributed by atoms with van der Waals surface area (Å²) >= 11 is 0. The van der Waals surface area contributed by atoms with Crippen LogP contribution < -0.4 is 10.5 Å². The minimum atomic E-state index is -0.553. The average Bonchev–Trinajstić information content (AvgIpc) is 2.96. The Hall–Kier alpha value is -2.83. The lowest BCUT2D eigenvalue weighted by Crippen LogP contribution is -2.37. The third kappa shape index (κ3) is 3.81. The van der Waals surface area contributed by atoms with Crippen LogP contribution in [0.25, 0.3) is 0 Å². The summed E-state index contributed by atoms with van der Waals surface area (Å²) in [5.41, 5.74) is 7.41. The van der Waals surface area contributed by atoms with Crippen LogP contribution in [0.5, 0.6) is 5.75 Å². The smallest absolute Gasteiger partial charge is 0.269 e. The maximum Gasteiger partial charge on any atom is 0.269 e. The quantitative estimate of drug-likeness (QED) is 0.800. The highest BCUT2D eigenvalue weighted by molar-refractivity contribution is 5.92. The minimum absolute atomic E-state index is 0.0570. The fourth-order valence-electron chi connectivity index (χ4n) is 3.09. The fraction of sp³-hybridized carbons (Fsp3) is 0.389. The number of nitrogens with zero attached hydrogens (tertiary/aromatic N) is 3. The number of hydrogen-bond acceptors (Lipinski definition) is 4. The molecule has 25 heavy (non-hydrogen) atoms. The van der Waals surface area contributed by atoms with Gasteiger partial charge in [-0.3, -0.25) is 14.3 Å². The van der Waals surface area contributed by atoms with Gasteiger partial charge in [-0.15, -0.1) is 0 Å². The third-order valence-electron chi connectivity index (χ3n) is 4.38. The summed E-state index contributed by atoms with van der Waals surface area (Å²) in [4.78, 5) is 25.7. The minimum Gasteiger partial charge on any atom is -0.494 e. The van der Waals surface area contributed by atoms with E-state index in [-0.39, 0.29) is 11.6 Å². The first-order valence-electron chi connectivity index (χ1n) is 8.36. The largest absolute Gasteiger partial charge is 0.494 e. The first kappa shape index (κ1) is 17.0. The van der Waals surface area contributed by atoms with E-state index in [9.17, 15) is 9.59 Å². The molecule has 2 N–H and O–H groups in total. The van der Waals surface area contributed by atoms with Crippen molar-refractivity contribution < 1.29 is 14.3 Å². The number of benzene rings is 1. The summed E-state index contributed by atoms with van der Waals surface area (Å²) in [6.45, 7) is 1.51. The number of amides is 2. The van der Waals surface area contributed by atoms with Crippen LogP contribution in [-0.2, 0) is 24.8 Å². The maximum absolute atomic E-state index is 12.4. The molecule has 0 unspecified atom stereocenters. The van der Waals surface area contributed by atoms with E-state index < -0.39 is 5.91 Å². The van der Waals surface area contributed by atoms with Crippen molar-refractivity contribution in [3.8, 4) is 5.75 Å². The zero-order chi connectivity index (χ0) is 17.8. The molecule has 0 radical (unpaired) electrons. The number of ether oxygens (including phenoxy) is 1. The molecule has 1 aliphatic heterocycles. The average molecular weight is 342 g/mol. The summed E-state index contributed by atoms with van der Waals surface area (Å²) < 4.78 is 7.29. The molecular formula is C18H22N4O3. The number of aryl methyl sites for hydroxylation is 1. The number of para-hydroxylation sites is 1. The van der Waals surface area contributed by atoms with E-state index in [0.717, 1.165) is 17.0 Å². The summed E-state index contributed by atoms with van der Waals surface area (Å²) in [6.07, 6.45) is 1.74. The number of primary amides is 1. The highest BCUT2D eigenvalue weighted by Gasteiger charge is 2.28. The van der Waals surface area contributed by atoms with E-state index in [2.05, 4.69) is 5.10 Å². The van der Waals surface area contributed by atoms with Crippen molar-refractivity contribution >= 4 is 11.8 Å². The van der Waals surface area contributed by atoms with Crippen molar-refractivity contribution in [1.82, 2.24) is 14.7 Å². The Bertz CT molecular complexity index is 770. The molecule has 7 heteroatoms. The summed E-state index contributed by atoms with van der Waals surface area (Å²) in [5.74, 6) is 0.308. The second-order valence-corrected chi connectivity index (χ2v) is 6.09. The Morgan fingerprint density at radius 1 is 1.28 bits per heavy atom. The lowest BCUT2D eigenvalue weighted by Gasteiger charge is -2.27. The van der Waals surface area contributed by atoms with Crippen LogP contribution >= 0.6 is 0 Å². The van der Waals surface area contributed by atoms with Gasteiger partial charge in [-0.2, -0.15) is 5.10 Å². The standard InChI is InChI=1S/C18H22N4O3/c1-21-15-9-10-22(12-14(15)17(20-21)18(19)24)16(23)8-5-11-25-13-6-3-2-4-7-13/h2-4,6-7H,5,8-12H2,1H3,(H2,19,24). The SMILES string of the molecule is Cn1nc(C(N)=O)c2c1CCN(C(=O)CCCOc1ccccc1)C2. The molecule has 2 aromatic rings. The van der Waals surface area contributed by atoms with Gasteiger partial charge in [0.2, 0.25) is 5.91 Å². The Morgan fingerprint density at radius 2 is 2.04 bits per heavy atom. The number of hydrogen-bond donors (Lipinski definition) is 1. The molecule has 1 aromatic carbocycles. The lowest BCUT2D eigenvalue weighted by atomic mass is 10.0. The lowest BCUT2D eigenvalue weighted by molar-refractivity contribution is -0.132. The number of carbonyl (C=O) groups is 2. The molecule has 132 valence electrons. The fourth-order valence-corrected chi connectivity index (χ4v) is 3.09. The van der Waals surface area contributed by atoms with Crippen molar-refractivity contribution in [3.05, 3.63) is 47.3 Å². The summed E-state index contributed by atoms with van der Waals surface area (Å²) in [7, 11) is 1.80. The zero-order valence-corrected chi connectivity index (χ0v) is 14.3. The van der Waals surface area contributed by atoms with Crippen LogP contribution in [0.1, 0.15) is 34.6 Å². The predicted molar refractivity (Wildman–Crippen MR) is 92.0 cm³/mol. The van der Waals surface area contributed by atoms with Crippen LogP contribution in [0.15, 0.2) is 30.3 Å². The molecule has 1 aliphatic rings. The van der Waals surface area contributed by atoms with E-state index in [1.165, 1.54) is 0 Å². The molecule has 0 aliphatic carbocycles. The van der Waals surface area contributed by atoms with Crippen molar-refractivity contribution in [2.75, 3.05) is 13.2 Å². The molecule has 0 bridgehead atoms. The van der Waals surface area contributed by atoms with E-state index in [4.69, 9.17) is 10.5 Å². The number of carbonyl (C=O) groups excluding carboxylic acids is 2. The zero-order valence-electron chi connectivity index (χ0n) is 14.3. The van der Waals surface area contributed by atoms with Gasteiger partial charge in [-0.05, 0) is 18.6 Å². The molecule has 3 rings (SSSR count). The monoisotopic (exact) mass is 342 g/mol. The molecule has 0 spiro atoms. The first-order chi connectivity index (χ1) is 12.1. The van der Waals surface area contributed by atoms with Crippen molar-refractivity contribution in [2.45, 2.75) is 25.8 Å². The van der Waals surface area contributed by atoms with E-state index in [1.807, 2.05) is 30.3 Å². The van der Waals surface area contributed by atoms with Crippen LogP contribution in [-0.4, -0.2) is 39.6 Å². The second kappa shape index (κ2) is 7.38. The Morgan fingerprint density at radius 3 is 2.76 bits per heavy atom. The molecule has 0 saturated carbocycles. The van der Waals surface area contributed by atoms with Gasteiger partial charge in [0, 0.05) is 44.2 Å². The predicted octanol–water partition coefficient (Wildman–Crippen LogP) is 1.26. The van der Waals surface area contributed by atoms with Gasteiger partial charge >= 0.3 is 0 Å². The first-order valence-corrected chi connectivity index (χ1v) is 8.36. The molecule has 2 heterocycles. The number of nitrogens with two attached hydrogens (primary N) is 1. The van der Waals surface area contributed by atoms with Gasteiger partial charge in [0.05, 0.1) is 6.61 Å². The number of fused-ring (bicyclic) bond motifs is 1. The number of aromatic nitrogens is 2. The van der Waals surface area contributed by atoms with Crippen molar-refractivity contribution in [2.24, 2.45) is 12.8 Å². The molecule has 0 saturated heterocycles. The molecule has 2 amide bonds. The highest BCUT2D eigenvalue weighted by Crippen LogP contribution is 2.22. The highest BCUT2D eigenvalue weighted by atomic mass is 16.5. The van der Waals surface area contributed by atoms with Gasteiger partial charge in [0.25, 0.3) is 5.91 Å². The second-order valence-electron chi connectivity index (χ2n) is 6.09. The maximum atomic E-state index is 12.4. The van der Waals surface area contributed by atoms with Gasteiger partial charge in [0.15, 0.2) is 5.69 Å². The van der Waals surface area contributed by atoms with Crippen molar-refractivity contribution in [1.29, 1.82) is 0 Å². The molecule has 7 nitrogen and oxygen atoms in total. The third-order valence-corrected chi connectivity index (χ3v) is 4.38. The van der Waals surface area contributed by atoms with Crippen LogP contribution in [0.2, 0.25) is 0 Å². The Kier molecular flexibility index (Phi) is 5.02.